The number of aromatic amines is 1. The molecule has 1 saturated heterocycles. The van der Waals surface area contributed by atoms with E-state index in [-0.39, 0.29) is 0 Å². The summed E-state index contributed by atoms with van der Waals surface area (Å²) in [6.45, 7) is 7.36. The van der Waals surface area contributed by atoms with Crippen LogP contribution in [0, 0.1) is 11.3 Å². The lowest BCUT2D eigenvalue weighted by Gasteiger charge is -2.26. The van der Waals surface area contributed by atoms with Gasteiger partial charge in [-0.05, 0) is 49.2 Å². The average Bonchev–Trinajstić information content (AvgIpc) is 3.52. The van der Waals surface area contributed by atoms with Crippen molar-refractivity contribution in [3.63, 3.8) is 0 Å². The Bertz CT molecular complexity index is 1020. The maximum absolute atomic E-state index is 8.98. The molecule has 174 valence electrons. The van der Waals surface area contributed by atoms with Crippen molar-refractivity contribution < 1.29 is 9.47 Å². The van der Waals surface area contributed by atoms with Crippen molar-refractivity contribution in [3.8, 4) is 16.6 Å². The molecule has 9 heteroatoms. The van der Waals surface area contributed by atoms with Crippen molar-refractivity contribution in [2.45, 2.75) is 12.8 Å². The van der Waals surface area contributed by atoms with Crippen LogP contribution in [0.25, 0.3) is 10.6 Å². The molecule has 8 nitrogen and oxygen atoms in total. The molecule has 2 aromatic heterocycles. The van der Waals surface area contributed by atoms with Crippen molar-refractivity contribution in [1.82, 2.24) is 15.1 Å². The number of morpholine rings is 1. The van der Waals surface area contributed by atoms with Crippen molar-refractivity contribution in [2.24, 2.45) is 0 Å². The maximum atomic E-state index is 8.98. The number of hydrogen-bond acceptors (Lipinski definition) is 8. The fourth-order valence-electron chi connectivity index (χ4n) is 3.60. The Labute approximate surface area is 198 Å². The van der Waals surface area contributed by atoms with Crippen LogP contribution in [0.1, 0.15) is 17.7 Å². The van der Waals surface area contributed by atoms with Gasteiger partial charge < -0.3 is 20.1 Å². The van der Waals surface area contributed by atoms with Crippen LogP contribution in [-0.4, -0.2) is 67.7 Å². The van der Waals surface area contributed by atoms with E-state index in [0.717, 1.165) is 93.2 Å². The van der Waals surface area contributed by atoms with Crippen LogP contribution in [0.3, 0.4) is 0 Å². The zero-order valence-corrected chi connectivity index (χ0v) is 19.5. The number of aromatic nitrogens is 2. The molecule has 0 radical (unpaired) electrons. The zero-order valence-electron chi connectivity index (χ0n) is 18.7. The van der Waals surface area contributed by atoms with E-state index in [2.05, 4.69) is 43.9 Å². The Balaban J connectivity index is 1.10. The first-order valence-electron chi connectivity index (χ1n) is 11.3. The summed E-state index contributed by atoms with van der Waals surface area (Å²) in [6.07, 6.45) is 2.05. The third-order valence-electron chi connectivity index (χ3n) is 5.38. The third kappa shape index (κ3) is 7.30. The maximum Gasteiger partial charge on any atom is 0.152 e. The zero-order chi connectivity index (χ0) is 22.7. The van der Waals surface area contributed by atoms with Crippen LogP contribution in [0.4, 0.5) is 17.2 Å². The Kier molecular flexibility index (Phi) is 8.72. The largest absolute Gasteiger partial charge is 0.385 e. The summed E-state index contributed by atoms with van der Waals surface area (Å²) in [4.78, 5) is 4.12. The fourth-order valence-corrected chi connectivity index (χ4v) is 4.37. The second-order valence-corrected chi connectivity index (χ2v) is 8.93. The van der Waals surface area contributed by atoms with Gasteiger partial charge in [-0.3, -0.25) is 10.00 Å². The molecule has 0 amide bonds. The van der Waals surface area contributed by atoms with Gasteiger partial charge >= 0.3 is 0 Å². The molecule has 1 aromatic carbocycles. The van der Waals surface area contributed by atoms with Gasteiger partial charge in [0.25, 0.3) is 0 Å². The summed E-state index contributed by atoms with van der Waals surface area (Å²) in [5, 5.41) is 23.0. The van der Waals surface area contributed by atoms with E-state index in [1.54, 1.807) is 0 Å². The van der Waals surface area contributed by atoms with Crippen LogP contribution in [0.15, 0.2) is 42.5 Å². The third-order valence-corrected chi connectivity index (χ3v) is 6.40. The number of benzene rings is 1. The number of anilines is 3. The lowest BCUT2D eigenvalue weighted by atomic mass is 10.2. The minimum absolute atomic E-state index is 0.688. The molecule has 0 unspecified atom stereocenters. The van der Waals surface area contributed by atoms with Crippen molar-refractivity contribution >= 4 is 28.5 Å². The van der Waals surface area contributed by atoms with Gasteiger partial charge in [0.2, 0.25) is 0 Å². The van der Waals surface area contributed by atoms with Crippen LogP contribution < -0.4 is 10.6 Å². The Morgan fingerprint density at radius 2 is 1.88 bits per heavy atom. The number of ether oxygens (including phenoxy) is 2. The lowest BCUT2D eigenvalue weighted by molar-refractivity contribution is 0.0319. The molecule has 0 bridgehead atoms. The number of hydrogen-bond donors (Lipinski definition) is 3. The molecule has 3 aromatic rings. The van der Waals surface area contributed by atoms with Gasteiger partial charge in [0, 0.05) is 56.8 Å². The Morgan fingerprint density at radius 3 is 2.67 bits per heavy atom. The molecule has 0 saturated carbocycles. The number of H-pyrrole nitrogens is 1. The highest BCUT2D eigenvalue weighted by molar-refractivity contribution is 7.15. The summed E-state index contributed by atoms with van der Waals surface area (Å²) in [7, 11) is 0. The molecule has 3 heterocycles. The Hall–Kier alpha value is -2.90. The van der Waals surface area contributed by atoms with Crippen LogP contribution in [0.5, 0.6) is 0 Å². The normalized spacial score (nSPS) is 14.2. The predicted octanol–water partition coefficient (Wildman–Crippen LogP) is 4.29. The number of thiophene rings is 1. The molecular weight excluding hydrogens is 436 g/mol. The molecule has 0 aliphatic carbocycles. The van der Waals surface area contributed by atoms with E-state index in [0.29, 0.717) is 4.88 Å². The average molecular weight is 467 g/mol. The number of nitrogens with zero attached hydrogens (tertiary/aromatic N) is 3. The highest BCUT2D eigenvalue weighted by Gasteiger charge is 2.09. The van der Waals surface area contributed by atoms with Crippen LogP contribution >= 0.6 is 11.3 Å². The molecule has 1 fully saturated rings. The monoisotopic (exact) mass is 466 g/mol. The molecule has 33 heavy (non-hydrogen) atoms. The number of nitrogens with one attached hydrogen (secondary N) is 3. The summed E-state index contributed by atoms with van der Waals surface area (Å²) >= 11 is 1.44. The van der Waals surface area contributed by atoms with Crippen LogP contribution in [0.2, 0.25) is 0 Å². The van der Waals surface area contributed by atoms with E-state index in [4.69, 9.17) is 14.7 Å². The fraction of sp³-hybridized carbons (Fsp3) is 0.417. The molecule has 0 atom stereocenters. The molecule has 1 aliphatic rings. The number of nitriles is 1. The standard InChI is InChI=1S/C24H30N6O2S/c25-18-21-7-8-23(33-21)22-17-24(29-28-22)27-20-5-3-19(4-6-20)26-9-1-13-31-14-2-10-30-11-15-32-16-12-30/h3-8,17,26H,1-2,9-16H2,(H2,27,28,29). The van der Waals surface area contributed by atoms with Crippen molar-refractivity contribution in [2.75, 3.05) is 63.2 Å². The first-order valence-corrected chi connectivity index (χ1v) is 12.2. The van der Waals surface area contributed by atoms with E-state index >= 15 is 0 Å². The summed E-state index contributed by atoms with van der Waals surface area (Å²) < 4.78 is 11.1. The van der Waals surface area contributed by atoms with Gasteiger partial charge in [0.15, 0.2) is 5.82 Å². The minimum Gasteiger partial charge on any atom is -0.385 e. The molecular formula is C24H30N6O2S. The topological polar surface area (TPSA) is 98.2 Å². The molecule has 0 spiro atoms. The van der Waals surface area contributed by atoms with Gasteiger partial charge in [-0.25, -0.2) is 0 Å². The quantitative estimate of drug-likeness (QED) is 0.342. The second-order valence-electron chi connectivity index (χ2n) is 7.85. The van der Waals surface area contributed by atoms with Crippen LogP contribution in [-0.2, 0) is 9.47 Å². The van der Waals surface area contributed by atoms with E-state index in [1.165, 1.54) is 11.3 Å². The van der Waals surface area contributed by atoms with Gasteiger partial charge in [-0.1, -0.05) is 0 Å². The minimum atomic E-state index is 0.688. The number of rotatable bonds is 12. The van der Waals surface area contributed by atoms with Gasteiger partial charge in [0.1, 0.15) is 10.9 Å². The highest BCUT2D eigenvalue weighted by atomic mass is 32.1. The highest BCUT2D eigenvalue weighted by Crippen LogP contribution is 2.28. The Morgan fingerprint density at radius 1 is 1.09 bits per heavy atom. The summed E-state index contributed by atoms with van der Waals surface area (Å²) in [5.41, 5.74) is 2.94. The van der Waals surface area contributed by atoms with E-state index < -0.39 is 0 Å². The smallest absolute Gasteiger partial charge is 0.152 e. The summed E-state index contributed by atoms with van der Waals surface area (Å²) in [5.74, 6) is 0.739. The predicted molar refractivity (Wildman–Crippen MR) is 132 cm³/mol. The molecule has 3 N–H and O–H groups in total. The van der Waals surface area contributed by atoms with E-state index in [1.807, 2.05) is 30.3 Å². The van der Waals surface area contributed by atoms with Crippen molar-refractivity contribution in [3.05, 3.63) is 47.3 Å². The molecule has 4 rings (SSSR count). The van der Waals surface area contributed by atoms with E-state index in [9.17, 15) is 0 Å². The SMILES string of the molecule is N#Cc1ccc(-c2cc(Nc3ccc(NCCCOCCCN4CCOCC4)cc3)n[nH]2)s1. The van der Waals surface area contributed by atoms with Crippen molar-refractivity contribution in [1.29, 1.82) is 5.26 Å². The first kappa shape index (κ1) is 23.3. The lowest BCUT2D eigenvalue weighted by Crippen LogP contribution is -2.37. The van der Waals surface area contributed by atoms with Gasteiger partial charge in [0.05, 0.1) is 23.8 Å². The summed E-state index contributed by atoms with van der Waals surface area (Å²) in [6, 6.07) is 16.0. The first-order chi connectivity index (χ1) is 16.3. The second kappa shape index (κ2) is 12.4. The van der Waals surface area contributed by atoms with Gasteiger partial charge in [-0.2, -0.15) is 10.4 Å². The van der Waals surface area contributed by atoms with Gasteiger partial charge in [-0.15, -0.1) is 11.3 Å². The molecule has 1 aliphatic heterocycles.